The molecule has 0 spiro atoms. The van der Waals surface area contributed by atoms with Crippen LogP contribution in [-0.2, 0) is 11.2 Å². The molecule has 0 saturated heterocycles. The highest BCUT2D eigenvalue weighted by atomic mass is 16.1. The molecule has 0 aliphatic carbocycles. The molecule has 2 aromatic carbocycles. The average molecular weight is 268 g/mol. The van der Waals surface area contributed by atoms with Crippen molar-refractivity contribution >= 4 is 5.91 Å². The van der Waals surface area contributed by atoms with E-state index in [1.807, 2.05) is 36.4 Å². The van der Waals surface area contributed by atoms with Crippen molar-refractivity contribution in [2.75, 3.05) is 0 Å². The molecule has 20 heavy (non-hydrogen) atoms. The van der Waals surface area contributed by atoms with Crippen molar-refractivity contribution in [2.24, 2.45) is 5.73 Å². The molecule has 104 valence electrons. The first-order chi connectivity index (χ1) is 9.66. The molecular formula is C17H20N2O. The summed E-state index contributed by atoms with van der Waals surface area (Å²) < 4.78 is 0. The third-order valence-corrected chi connectivity index (χ3v) is 3.36. The molecule has 2 rings (SSSR count). The van der Waals surface area contributed by atoms with Crippen molar-refractivity contribution in [3.05, 3.63) is 71.8 Å². The van der Waals surface area contributed by atoms with Gasteiger partial charge in [0.2, 0.25) is 5.91 Å². The summed E-state index contributed by atoms with van der Waals surface area (Å²) in [5, 5.41) is 3.31. The molecule has 0 unspecified atom stereocenters. The fourth-order valence-corrected chi connectivity index (χ4v) is 2.19. The molecular weight excluding hydrogens is 248 g/mol. The maximum absolute atomic E-state index is 11.3. The number of primary amides is 1. The lowest BCUT2D eigenvalue weighted by molar-refractivity contribution is -0.119. The summed E-state index contributed by atoms with van der Waals surface area (Å²) in [5.74, 6) is -0.334. The van der Waals surface area contributed by atoms with Gasteiger partial charge in [-0.05, 0) is 24.5 Å². The largest absolute Gasteiger partial charge is 0.368 e. The van der Waals surface area contributed by atoms with Gasteiger partial charge in [0, 0.05) is 6.04 Å². The first-order valence-corrected chi connectivity index (χ1v) is 6.81. The zero-order valence-corrected chi connectivity index (χ0v) is 11.6. The highest BCUT2D eigenvalue weighted by Gasteiger charge is 2.17. The van der Waals surface area contributed by atoms with Crippen molar-refractivity contribution in [3.8, 4) is 0 Å². The van der Waals surface area contributed by atoms with Gasteiger partial charge in [-0.15, -0.1) is 0 Å². The Kier molecular flexibility index (Phi) is 4.91. The van der Waals surface area contributed by atoms with Crippen LogP contribution in [0.15, 0.2) is 60.7 Å². The highest BCUT2D eigenvalue weighted by molar-refractivity contribution is 5.79. The summed E-state index contributed by atoms with van der Waals surface area (Å²) >= 11 is 0. The van der Waals surface area contributed by atoms with Crippen molar-refractivity contribution in [2.45, 2.75) is 25.4 Å². The number of nitrogens with two attached hydrogens (primary N) is 1. The zero-order chi connectivity index (χ0) is 14.4. The quantitative estimate of drug-likeness (QED) is 0.845. The number of rotatable bonds is 6. The average Bonchev–Trinajstić information content (AvgIpc) is 2.48. The molecule has 2 aromatic rings. The summed E-state index contributed by atoms with van der Waals surface area (Å²) in [6.45, 7) is 1.79. The lowest BCUT2D eigenvalue weighted by Crippen LogP contribution is -2.41. The second-order valence-electron chi connectivity index (χ2n) is 4.94. The van der Waals surface area contributed by atoms with E-state index >= 15 is 0 Å². The smallest absolute Gasteiger partial charge is 0.234 e. The second-order valence-corrected chi connectivity index (χ2v) is 4.94. The molecule has 0 aromatic heterocycles. The van der Waals surface area contributed by atoms with E-state index in [1.54, 1.807) is 6.92 Å². The normalized spacial score (nSPS) is 13.7. The van der Waals surface area contributed by atoms with E-state index in [9.17, 15) is 4.79 Å². The van der Waals surface area contributed by atoms with Crippen LogP contribution in [-0.4, -0.2) is 11.9 Å². The van der Waals surface area contributed by atoms with E-state index in [2.05, 4.69) is 29.6 Å². The summed E-state index contributed by atoms with van der Waals surface area (Å²) in [7, 11) is 0. The lowest BCUT2D eigenvalue weighted by atomic mass is 9.98. The van der Waals surface area contributed by atoms with Crippen molar-refractivity contribution in [3.63, 3.8) is 0 Å². The maximum Gasteiger partial charge on any atom is 0.234 e. The van der Waals surface area contributed by atoms with Crippen LogP contribution in [0.25, 0.3) is 0 Å². The van der Waals surface area contributed by atoms with E-state index in [4.69, 9.17) is 5.73 Å². The Morgan fingerprint density at radius 2 is 1.60 bits per heavy atom. The summed E-state index contributed by atoms with van der Waals surface area (Å²) in [6, 6.07) is 20.1. The molecule has 0 saturated carbocycles. The van der Waals surface area contributed by atoms with Crippen LogP contribution < -0.4 is 11.1 Å². The molecule has 0 radical (unpaired) electrons. The number of carbonyl (C=O) groups is 1. The Bertz CT molecular complexity index is 539. The fraction of sp³-hybridized carbons (Fsp3) is 0.235. The molecule has 0 heterocycles. The first kappa shape index (κ1) is 14.3. The predicted molar refractivity (Wildman–Crippen MR) is 81.1 cm³/mol. The topological polar surface area (TPSA) is 55.1 Å². The molecule has 3 nitrogen and oxygen atoms in total. The van der Waals surface area contributed by atoms with Crippen LogP contribution in [0.2, 0.25) is 0 Å². The number of hydrogen-bond acceptors (Lipinski definition) is 2. The Morgan fingerprint density at radius 1 is 1.05 bits per heavy atom. The predicted octanol–water partition coefficient (Wildman–Crippen LogP) is 2.43. The maximum atomic E-state index is 11.3. The first-order valence-electron chi connectivity index (χ1n) is 6.81. The highest BCUT2D eigenvalue weighted by Crippen LogP contribution is 2.19. The van der Waals surface area contributed by atoms with Crippen molar-refractivity contribution in [1.82, 2.24) is 5.32 Å². The minimum Gasteiger partial charge on any atom is -0.368 e. The summed E-state index contributed by atoms with van der Waals surface area (Å²) in [6.07, 6.45) is 0.822. The van der Waals surface area contributed by atoms with Crippen molar-refractivity contribution in [1.29, 1.82) is 0 Å². The van der Waals surface area contributed by atoms with Crippen LogP contribution in [0, 0.1) is 0 Å². The van der Waals surface area contributed by atoms with E-state index in [1.165, 1.54) is 5.56 Å². The Labute approximate surface area is 119 Å². The minimum absolute atomic E-state index is 0.0705. The molecule has 1 amide bonds. The molecule has 3 heteroatoms. The van der Waals surface area contributed by atoms with Crippen LogP contribution in [0.3, 0.4) is 0 Å². The molecule has 3 N–H and O–H groups in total. The molecule has 0 aliphatic rings. The number of amides is 1. The van der Waals surface area contributed by atoms with Gasteiger partial charge < -0.3 is 5.73 Å². The molecule has 0 bridgehead atoms. The third kappa shape index (κ3) is 3.93. The summed E-state index contributed by atoms with van der Waals surface area (Å²) in [4.78, 5) is 11.3. The number of hydrogen-bond donors (Lipinski definition) is 2. The van der Waals surface area contributed by atoms with E-state index in [0.29, 0.717) is 0 Å². The molecule has 2 atom stereocenters. The van der Waals surface area contributed by atoms with Crippen LogP contribution in [0.4, 0.5) is 0 Å². The van der Waals surface area contributed by atoms with Crippen LogP contribution >= 0.6 is 0 Å². The van der Waals surface area contributed by atoms with E-state index < -0.39 is 0 Å². The fourth-order valence-electron chi connectivity index (χ4n) is 2.19. The van der Waals surface area contributed by atoms with Gasteiger partial charge in [-0.1, -0.05) is 60.7 Å². The van der Waals surface area contributed by atoms with Gasteiger partial charge in [0.05, 0.1) is 6.04 Å². The number of benzene rings is 2. The SMILES string of the molecule is C[C@@H](N[C@@H](Cc1ccccc1)c1ccccc1)C(N)=O. The second kappa shape index (κ2) is 6.87. The van der Waals surface area contributed by atoms with Gasteiger partial charge >= 0.3 is 0 Å². The number of nitrogens with one attached hydrogen (secondary N) is 1. The van der Waals surface area contributed by atoms with E-state index in [-0.39, 0.29) is 18.0 Å². The standard InChI is InChI=1S/C17H20N2O/c1-13(17(18)20)19-16(15-10-6-3-7-11-15)12-14-8-4-2-5-9-14/h2-11,13,16,19H,12H2,1H3,(H2,18,20)/t13-,16+/m1/s1. The Balaban J connectivity index is 2.18. The van der Waals surface area contributed by atoms with Gasteiger partial charge in [-0.3, -0.25) is 10.1 Å². The van der Waals surface area contributed by atoms with Gasteiger partial charge in [-0.25, -0.2) is 0 Å². The van der Waals surface area contributed by atoms with E-state index in [0.717, 1.165) is 12.0 Å². The van der Waals surface area contributed by atoms with Gasteiger partial charge in [0.15, 0.2) is 0 Å². The Hall–Kier alpha value is -2.13. The van der Waals surface area contributed by atoms with Crippen LogP contribution in [0.5, 0.6) is 0 Å². The Morgan fingerprint density at radius 3 is 2.15 bits per heavy atom. The monoisotopic (exact) mass is 268 g/mol. The molecule has 0 aliphatic heterocycles. The van der Waals surface area contributed by atoms with Crippen molar-refractivity contribution < 1.29 is 4.79 Å². The third-order valence-electron chi connectivity index (χ3n) is 3.36. The van der Waals surface area contributed by atoms with Gasteiger partial charge in [-0.2, -0.15) is 0 Å². The minimum atomic E-state index is -0.357. The molecule has 0 fully saturated rings. The summed E-state index contributed by atoms with van der Waals surface area (Å²) in [5.41, 5.74) is 7.74. The van der Waals surface area contributed by atoms with Gasteiger partial charge in [0.1, 0.15) is 0 Å². The zero-order valence-electron chi connectivity index (χ0n) is 11.6. The van der Waals surface area contributed by atoms with Crippen LogP contribution in [0.1, 0.15) is 24.1 Å². The van der Waals surface area contributed by atoms with Gasteiger partial charge in [0.25, 0.3) is 0 Å². The lowest BCUT2D eigenvalue weighted by Gasteiger charge is -2.22. The number of carbonyl (C=O) groups excluding carboxylic acids is 1.